The molecule has 1 amide bonds. The van der Waals surface area contributed by atoms with E-state index in [-0.39, 0.29) is 17.8 Å². The molecular weight excluding hydrogens is 231 g/mol. The molecule has 18 heavy (non-hydrogen) atoms. The van der Waals surface area contributed by atoms with E-state index in [4.69, 9.17) is 0 Å². The van der Waals surface area contributed by atoms with Gasteiger partial charge in [-0.15, -0.1) is 0 Å². The lowest BCUT2D eigenvalue weighted by atomic mass is 9.94. The second-order valence-corrected chi connectivity index (χ2v) is 5.01. The first kappa shape index (κ1) is 13.0. The summed E-state index contributed by atoms with van der Waals surface area (Å²) in [5.41, 5.74) is 1.23. The summed E-state index contributed by atoms with van der Waals surface area (Å²) in [5, 5.41) is 6.29. The molecule has 2 rings (SSSR count). The summed E-state index contributed by atoms with van der Waals surface area (Å²) in [7, 11) is 0. The SMILES string of the molecule is Cc1ccc(F)cc1C(=O)N[C@H]1CCNC[C@@H]1C. The molecule has 1 aromatic carbocycles. The van der Waals surface area contributed by atoms with Crippen molar-refractivity contribution in [2.45, 2.75) is 26.3 Å². The molecule has 1 aliphatic heterocycles. The lowest BCUT2D eigenvalue weighted by molar-refractivity contribution is 0.0913. The van der Waals surface area contributed by atoms with E-state index >= 15 is 0 Å². The minimum atomic E-state index is -0.371. The summed E-state index contributed by atoms with van der Waals surface area (Å²) < 4.78 is 13.2. The van der Waals surface area contributed by atoms with Crippen LogP contribution in [0.15, 0.2) is 18.2 Å². The second kappa shape index (κ2) is 5.48. The third-order valence-corrected chi connectivity index (χ3v) is 3.55. The van der Waals surface area contributed by atoms with Gasteiger partial charge in [0.15, 0.2) is 0 Å². The molecule has 0 unspecified atom stereocenters. The Bertz CT molecular complexity index is 447. The highest BCUT2D eigenvalue weighted by atomic mass is 19.1. The Morgan fingerprint density at radius 2 is 2.28 bits per heavy atom. The average Bonchev–Trinajstić information content (AvgIpc) is 2.35. The first-order chi connectivity index (χ1) is 8.58. The number of carbonyl (C=O) groups excluding carboxylic acids is 1. The minimum Gasteiger partial charge on any atom is -0.349 e. The van der Waals surface area contributed by atoms with Gasteiger partial charge in [0.2, 0.25) is 0 Å². The molecule has 0 aromatic heterocycles. The largest absolute Gasteiger partial charge is 0.349 e. The summed E-state index contributed by atoms with van der Waals surface area (Å²) in [6, 6.07) is 4.48. The van der Waals surface area contributed by atoms with Crippen molar-refractivity contribution in [3.8, 4) is 0 Å². The van der Waals surface area contributed by atoms with E-state index < -0.39 is 0 Å². The van der Waals surface area contributed by atoms with Crippen LogP contribution in [0.2, 0.25) is 0 Å². The minimum absolute atomic E-state index is 0.168. The van der Waals surface area contributed by atoms with Gasteiger partial charge in [0.1, 0.15) is 5.82 Å². The maximum Gasteiger partial charge on any atom is 0.251 e. The number of hydrogen-bond donors (Lipinski definition) is 2. The summed E-state index contributed by atoms with van der Waals surface area (Å²) in [5.74, 6) is -0.147. The number of hydrogen-bond acceptors (Lipinski definition) is 2. The van der Waals surface area contributed by atoms with Gasteiger partial charge in [-0.3, -0.25) is 4.79 Å². The summed E-state index contributed by atoms with van der Waals surface area (Å²) in [4.78, 5) is 12.1. The summed E-state index contributed by atoms with van der Waals surface area (Å²) >= 11 is 0. The zero-order valence-electron chi connectivity index (χ0n) is 10.8. The molecule has 1 saturated heterocycles. The molecule has 1 heterocycles. The smallest absolute Gasteiger partial charge is 0.251 e. The predicted octanol–water partition coefficient (Wildman–Crippen LogP) is 1.86. The number of piperidine rings is 1. The fourth-order valence-corrected chi connectivity index (χ4v) is 2.31. The quantitative estimate of drug-likeness (QED) is 0.841. The Kier molecular flexibility index (Phi) is 3.97. The average molecular weight is 250 g/mol. The Labute approximate surface area is 107 Å². The molecule has 98 valence electrons. The van der Waals surface area contributed by atoms with Gasteiger partial charge < -0.3 is 10.6 Å². The van der Waals surface area contributed by atoms with Crippen molar-refractivity contribution in [1.82, 2.24) is 10.6 Å². The Morgan fingerprint density at radius 1 is 1.50 bits per heavy atom. The lowest BCUT2D eigenvalue weighted by Gasteiger charge is -2.30. The number of nitrogens with one attached hydrogen (secondary N) is 2. The molecule has 4 heteroatoms. The van der Waals surface area contributed by atoms with Crippen LogP contribution in [0.25, 0.3) is 0 Å². The molecule has 1 fully saturated rings. The van der Waals surface area contributed by atoms with E-state index in [0.29, 0.717) is 11.5 Å². The van der Waals surface area contributed by atoms with Crippen LogP contribution in [-0.2, 0) is 0 Å². The van der Waals surface area contributed by atoms with Crippen molar-refractivity contribution in [2.24, 2.45) is 5.92 Å². The van der Waals surface area contributed by atoms with Gasteiger partial charge in [0.05, 0.1) is 0 Å². The van der Waals surface area contributed by atoms with Crippen molar-refractivity contribution in [3.05, 3.63) is 35.1 Å². The summed E-state index contributed by atoms with van der Waals surface area (Å²) in [6.07, 6.45) is 0.918. The highest BCUT2D eigenvalue weighted by Gasteiger charge is 2.23. The summed E-state index contributed by atoms with van der Waals surface area (Å²) in [6.45, 7) is 5.75. The number of carbonyl (C=O) groups is 1. The second-order valence-electron chi connectivity index (χ2n) is 5.01. The van der Waals surface area contributed by atoms with Crippen molar-refractivity contribution < 1.29 is 9.18 Å². The Morgan fingerprint density at radius 3 is 3.00 bits per heavy atom. The molecule has 0 aliphatic carbocycles. The van der Waals surface area contributed by atoms with Gasteiger partial charge in [-0.05, 0) is 50.0 Å². The molecule has 3 nitrogen and oxygen atoms in total. The fourth-order valence-electron chi connectivity index (χ4n) is 2.31. The van der Waals surface area contributed by atoms with Gasteiger partial charge >= 0.3 is 0 Å². The van der Waals surface area contributed by atoms with Crippen LogP contribution < -0.4 is 10.6 Å². The van der Waals surface area contributed by atoms with E-state index in [1.165, 1.54) is 12.1 Å². The van der Waals surface area contributed by atoms with Gasteiger partial charge in [0.25, 0.3) is 5.91 Å². The number of rotatable bonds is 2. The topological polar surface area (TPSA) is 41.1 Å². The Hall–Kier alpha value is -1.42. The van der Waals surface area contributed by atoms with E-state index in [2.05, 4.69) is 17.6 Å². The molecule has 2 atom stereocenters. The van der Waals surface area contributed by atoms with Crippen LogP contribution in [0.4, 0.5) is 4.39 Å². The van der Waals surface area contributed by atoms with Crippen LogP contribution in [0.5, 0.6) is 0 Å². The Balaban J connectivity index is 2.09. The van der Waals surface area contributed by atoms with Gasteiger partial charge in [-0.2, -0.15) is 0 Å². The van der Waals surface area contributed by atoms with Gasteiger partial charge in [0, 0.05) is 11.6 Å². The normalized spacial score (nSPS) is 23.7. The van der Waals surface area contributed by atoms with Crippen LogP contribution in [-0.4, -0.2) is 25.0 Å². The van der Waals surface area contributed by atoms with Crippen LogP contribution in [0, 0.1) is 18.7 Å². The lowest BCUT2D eigenvalue weighted by Crippen LogP contribution is -2.48. The molecule has 1 aromatic rings. The van der Waals surface area contributed by atoms with Crippen molar-refractivity contribution in [3.63, 3.8) is 0 Å². The highest BCUT2D eigenvalue weighted by Crippen LogP contribution is 2.14. The predicted molar refractivity (Wildman–Crippen MR) is 69.0 cm³/mol. The standard InChI is InChI=1S/C14H19FN2O/c1-9-3-4-11(15)7-12(9)14(18)17-13-5-6-16-8-10(13)2/h3-4,7,10,13,16H,5-6,8H2,1-2H3,(H,17,18)/t10-,13-/m0/s1. The highest BCUT2D eigenvalue weighted by molar-refractivity contribution is 5.95. The monoisotopic (exact) mass is 250 g/mol. The zero-order valence-corrected chi connectivity index (χ0v) is 10.8. The van der Waals surface area contributed by atoms with E-state index in [9.17, 15) is 9.18 Å². The van der Waals surface area contributed by atoms with E-state index in [1.54, 1.807) is 6.07 Å². The first-order valence-electron chi connectivity index (χ1n) is 6.35. The maximum atomic E-state index is 13.2. The third kappa shape index (κ3) is 2.88. The maximum absolute atomic E-state index is 13.2. The first-order valence-corrected chi connectivity index (χ1v) is 6.35. The number of amides is 1. The number of aryl methyl sites for hydroxylation is 1. The fraction of sp³-hybridized carbons (Fsp3) is 0.500. The number of halogens is 1. The molecule has 2 N–H and O–H groups in total. The van der Waals surface area contributed by atoms with Crippen LogP contribution in [0.3, 0.4) is 0 Å². The van der Waals surface area contributed by atoms with Gasteiger partial charge in [-0.25, -0.2) is 4.39 Å². The van der Waals surface area contributed by atoms with Crippen molar-refractivity contribution in [1.29, 1.82) is 0 Å². The van der Waals surface area contributed by atoms with Crippen LogP contribution in [0.1, 0.15) is 29.3 Å². The molecule has 0 radical (unpaired) electrons. The van der Waals surface area contributed by atoms with Crippen molar-refractivity contribution in [2.75, 3.05) is 13.1 Å². The number of benzene rings is 1. The molecule has 0 saturated carbocycles. The van der Waals surface area contributed by atoms with E-state index in [1.807, 2.05) is 6.92 Å². The van der Waals surface area contributed by atoms with Crippen molar-refractivity contribution >= 4 is 5.91 Å². The third-order valence-electron chi connectivity index (χ3n) is 3.55. The molecule has 1 aliphatic rings. The van der Waals surface area contributed by atoms with Gasteiger partial charge in [-0.1, -0.05) is 13.0 Å². The molecular formula is C14H19FN2O. The zero-order chi connectivity index (χ0) is 13.1. The molecule has 0 spiro atoms. The van der Waals surface area contributed by atoms with E-state index in [0.717, 1.165) is 25.1 Å². The molecule has 0 bridgehead atoms. The van der Waals surface area contributed by atoms with Crippen LogP contribution >= 0.6 is 0 Å².